The van der Waals surface area contributed by atoms with Gasteiger partial charge >= 0.3 is 0 Å². The monoisotopic (exact) mass is 579 g/mol. The summed E-state index contributed by atoms with van der Waals surface area (Å²) >= 11 is 0. The van der Waals surface area contributed by atoms with Gasteiger partial charge in [-0.15, -0.1) is 0 Å². The molecule has 0 unspecified atom stereocenters. The van der Waals surface area contributed by atoms with E-state index in [1.54, 1.807) is 24.3 Å². The second-order valence-electron chi connectivity index (χ2n) is 10.2. The van der Waals surface area contributed by atoms with Crippen LogP contribution in [-0.4, -0.2) is 61.6 Å². The smallest absolute Gasteiger partial charge is 0.258 e. The molecule has 4 bridgehead atoms. The number of rotatable bonds is 2. The maximum Gasteiger partial charge on any atom is 0.258 e. The number of amides is 3. The molecule has 1 fully saturated rings. The van der Waals surface area contributed by atoms with E-state index >= 15 is 0 Å². The predicted molar refractivity (Wildman–Crippen MR) is 148 cm³/mol. The molecule has 5 aliphatic heterocycles. The van der Waals surface area contributed by atoms with Crippen molar-refractivity contribution in [3.8, 4) is 17.2 Å². The standard InChI is InChI=1S/C31H31F2N3O6/c1-40-28-14-19-4-10-27(28)41-18-30(38)35-25-17-36(31(39)23-9-6-21(32)15-24(23)33)13-12-26(25)42-22-7-2-20(3-8-22)16-34-29(37)11-5-19/h2-4,6-10,14-15,25-26H,5,11-13,16-18H2,1H3,(H,34,37)(H,35,38)/t25-,26-/m1/s1. The quantitative estimate of drug-likeness (QED) is 0.482. The number of benzene rings is 3. The van der Waals surface area contributed by atoms with Crippen molar-refractivity contribution in [2.45, 2.75) is 38.0 Å². The lowest BCUT2D eigenvalue weighted by Crippen LogP contribution is -2.58. The van der Waals surface area contributed by atoms with Crippen molar-refractivity contribution in [2.24, 2.45) is 0 Å². The molecule has 2 atom stereocenters. The van der Waals surface area contributed by atoms with Gasteiger partial charge in [0.2, 0.25) is 5.91 Å². The molecule has 0 aliphatic carbocycles. The summed E-state index contributed by atoms with van der Waals surface area (Å²) in [7, 11) is 1.49. The molecule has 0 radical (unpaired) electrons. The molecule has 0 spiro atoms. The van der Waals surface area contributed by atoms with E-state index in [4.69, 9.17) is 14.2 Å². The molecule has 8 rings (SSSR count). The van der Waals surface area contributed by atoms with E-state index in [1.807, 2.05) is 18.2 Å². The summed E-state index contributed by atoms with van der Waals surface area (Å²) in [5.74, 6) is -1.57. The Morgan fingerprint density at radius 3 is 2.52 bits per heavy atom. The Morgan fingerprint density at radius 2 is 1.76 bits per heavy atom. The van der Waals surface area contributed by atoms with Crippen LogP contribution in [0.4, 0.5) is 8.78 Å². The van der Waals surface area contributed by atoms with Crippen LogP contribution in [0.25, 0.3) is 0 Å². The average molecular weight is 580 g/mol. The topological polar surface area (TPSA) is 106 Å². The van der Waals surface area contributed by atoms with Crippen LogP contribution in [0.1, 0.15) is 34.3 Å². The fourth-order valence-electron chi connectivity index (χ4n) is 5.01. The van der Waals surface area contributed by atoms with Crippen molar-refractivity contribution < 1.29 is 37.4 Å². The van der Waals surface area contributed by atoms with Crippen LogP contribution in [0.15, 0.2) is 60.7 Å². The molecule has 3 aromatic carbocycles. The number of hydrogen-bond donors (Lipinski definition) is 2. The number of hydrogen-bond acceptors (Lipinski definition) is 6. The van der Waals surface area contributed by atoms with Crippen LogP contribution >= 0.6 is 0 Å². The third kappa shape index (κ3) is 6.96. The SMILES string of the molecule is COc1cc2ccc1OCC(=O)N[C@@H]1CN(C(=O)c3ccc(F)cc3F)CC[C@H]1Oc1ccc(cc1)CNC(=O)CC2. The number of piperidine rings is 1. The van der Waals surface area contributed by atoms with Gasteiger partial charge in [-0.1, -0.05) is 18.2 Å². The molecule has 1 saturated heterocycles. The third-order valence-corrected chi connectivity index (χ3v) is 7.27. The highest BCUT2D eigenvalue weighted by atomic mass is 19.1. The molecule has 11 heteroatoms. The Morgan fingerprint density at radius 1 is 0.976 bits per heavy atom. The summed E-state index contributed by atoms with van der Waals surface area (Å²) in [6.45, 7) is 0.288. The molecule has 5 heterocycles. The van der Waals surface area contributed by atoms with Gasteiger partial charge in [0.05, 0.1) is 18.7 Å². The zero-order chi connectivity index (χ0) is 29.6. The maximum atomic E-state index is 14.4. The van der Waals surface area contributed by atoms with Gasteiger partial charge in [0.25, 0.3) is 11.8 Å². The number of halogens is 2. The summed E-state index contributed by atoms with van der Waals surface area (Å²) in [4.78, 5) is 40.0. The number of nitrogens with zero attached hydrogens (tertiary/aromatic N) is 1. The van der Waals surface area contributed by atoms with Gasteiger partial charge in [-0.2, -0.15) is 0 Å². The Kier molecular flexibility index (Phi) is 8.85. The van der Waals surface area contributed by atoms with Gasteiger partial charge in [-0.05, 0) is 53.9 Å². The third-order valence-electron chi connectivity index (χ3n) is 7.27. The lowest BCUT2D eigenvalue weighted by Gasteiger charge is -2.39. The first-order valence-corrected chi connectivity index (χ1v) is 13.6. The highest BCUT2D eigenvalue weighted by molar-refractivity contribution is 5.94. The van der Waals surface area contributed by atoms with Crippen molar-refractivity contribution in [3.63, 3.8) is 0 Å². The van der Waals surface area contributed by atoms with Crippen molar-refractivity contribution in [1.29, 1.82) is 0 Å². The van der Waals surface area contributed by atoms with Crippen LogP contribution in [-0.2, 0) is 22.6 Å². The molecule has 42 heavy (non-hydrogen) atoms. The molecular formula is C31H31F2N3O6. The van der Waals surface area contributed by atoms with E-state index in [9.17, 15) is 23.2 Å². The fourth-order valence-corrected chi connectivity index (χ4v) is 5.01. The Labute approximate surface area is 241 Å². The minimum Gasteiger partial charge on any atom is -0.493 e. The molecule has 3 amide bonds. The van der Waals surface area contributed by atoms with E-state index in [0.717, 1.165) is 23.3 Å². The summed E-state index contributed by atoms with van der Waals surface area (Å²) in [5, 5.41) is 5.82. The van der Waals surface area contributed by atoms with E-state index in [2.05, 4.69) is 10.6 Å². The fraction of sp³-hybridized carbons (Fsp3) is 0.323. The number of carbonyl (C=O) groups excluding carboxylic acids is 3. The van der Waals surface area contributed by atoms with Crippen molar-refractivity contribution in [3.05, 3.63) is 89.0 Å². The summed E-state index contributed by atoms with van der Waals surface area (Å²) in [5.41, 5.74) is 1.51. The van der Waals surface area contributed by atoms with Gasteiger partial charge in [-0.25, -0.2) is 8.78 Å². The van der Waals surface area contributed by atoms with E-state index in [0.29, 0.717) is 49.1 Å². The average Bonchev–Trinajstić information content (AvgIpc) is 2.99. The molecule has 0 aromatic heterocycles. The van der Waals surface area contributed by atoms with Gasteiger partial charge in [0.15, 0.2) is 18.1 Å². The predicted octanol–water partition coefficient (Wildman–Crippen LogP) is 3.39. The summed E-state index contributed by atoms with van der Waals surface area (Å²) in [6.07, 6.45) is 0.619. The number of methoxy groups -OCH3 is 1. The number of ether oxygens (including phenoxy) is 3. The minimum absolute atomic E-state index is 0.0359. The van der Waals surface area contributed by atoms with Gasteiger partial charge in [0, 0.05) is 38.5 Å². The Bertz CT molecular complexity index is 1470. The molecule has 9 nitrogen and oxygen atoms in total. The minimum atomic E-state index is -0.955. The van der Waals surface area contributed by atoms with E-state index < -0.39 is 35.6 Å². The van der Waals surface area contributed by atoms with E-state index in [1.165, 1.54) is 12.0 Å². The first-order chi connectivity index (χ1) is 20.3. The number of carbonyl (C=O) groups is 3. The summed E-state index contributed by atoms with van der Waals surface area (Å²) in [6, 6.07) is 14.6. The lowest BCUT2D eigenvalue weighted by atomic mass is 10.00. The first kappa shape index (κ1) is 28.8. The number of aryl methyl sites for hydroxylation is 1. The summed E-state index contributed by atoms with van der Waals surface area (Å²) < 4.78 is 45.2. The van der Waals surface area contributed by atoms with Crippen molar-refractivity contribution in [2.75, 3.05) is 26.8 Å². The van der Waals surface area contributed by atoms with Crippen LogP contribution < -0.4 is 24.8 Å². The molecule has 0 saturated carbocycles. The van der Waals surface area contributed by atoms with Gasteiger partial charge in [-0.3, -0.25) is 14.4 Å². The van der Waals surface area contributed by atoms with Crippen LogP contribution in [0.5, 0.6) is 17.2 Å². The molecule has 2 N–H and O–H groups in total. The van der Waals surface area contributed by atoms with Gasteiger partial charge < -0.3 is 29.7 Å². The number of nitrogens with one attached hydrogen (secondary N) is 2. The molecule has 220 valence electrons. The van der Waals surface area contributed by atoms with Crippen molar-refractivity contribution in [1.82, 2.24) is 15.5 Å². The van der Waals surface area contributed by atoms with Crippen LogP contribution in [0.3, 0.4) is 0 Å². The second kappa shape index (κ2) is 12.9. The van der Waals surface area contributed by atoms with Gasteiger partial charge in [0.1, 0.15) is 23.5 Å². The zero-order valence-corrected chi connectivity index (χ0v) is 23.0. The maximum absolute atomic E-state index is 14.4. The number of likely N-dealkylation sites (tertiary alicyclic amines) is 1. The first-order valence-electron chi connectivity index (χ1n) is 13.6. The molecule has 3 aromatic rings. The Hall–Kier alpha value is -4.67. The highest BCUT2D eigenvalue weighted by Crippen LogP contribution is 2.29. The highest BCUT2D eigenvalue weighted by Gasteiger charge is 2.35. The largest absolute Gasteiger partial charge is 0.493 e. The van der Waals surface area contributed by atoms with E-state index in [-0.39, 0.29) is 31.2 Å². The second-order valence-corrected chi connectivity index (χ2v) is 10.2. The van der Waals surface area contributed by atoms with Crippen LogP contribution in [0, 0.1) is 11.6 Å². The normalized spacial score (nSPS) is 19.5. The zero-order valence-electron chi connectivity index (χ0n) is 23.0. The van der Waals surface area contributed by atoms with Crippen LogP contribution in [0.2, 0.25) is 0 Å². The molecular weight excluding hydrogens is 548 g/mol. The van der Waals surface area contributed by atoms with Crippen molar-refractivity contribution >= 4 is 17.7 Å². The lowest BCUT2D eigenvalue weighted by molar-refractivity contribution is -0.125. The Balaban J connectivity index is 1.38. The molecule has 5 aliphatic rings.